The average molecular weight is 687 g/mol. The monoisotopic (exact) mass is 686 g/mol. The van der Waals surface area contributed by atoms with Crippen molar-refractivity contribution in [2.24, 2.45) is 0 Å². The van der Waals surface area contributed by atoms with Crippen LogP contribution in [0.1, 0.15) is 0 Å². The summed E-state index contributed by atoms with van der Waals surface area (Å²) >= 11 is 3.70. The Bertz CT molecular complexity index is 3030. The van der Waals surface area contributed by atoms with Crippen molar-refractivity contribution in [3.05, 3.63) is 158 Å². The molecule has 51 heavy (non-hydrogen) atoms. The van der Waals surface area contributed by atoms with E-state index < -0.39 is 0 Å². The smallest absolute Gasteiger partial charge is 0.164 e. The summed E-state index contributed by atoms with van der Waals surface area (Å²) in [5.41, 5.74) is 6.60. The fourth-order valence-corrected chi connectivity index (χ4v) is 9.91. The predicted molar refractivity (Wildman–Crippen MR) is 216 cm³/mol. The second kappa shape index (κ2) is 11.2. The van der Waals surface area contributed by atoms with Gasteiger partial charge in [0, 0.05) is 67.8 Å². The molecule has 7 aromatic carbocycles. The molecule has 238 valence electrons. The minimum atomic E-state index is 0.667. The summed E-state index contributed by atoms with van der Waals surface area (Å²) in [5.74, 6) is 2.01. The second-order valence-corrected chi connectivity index (χ2v) is 15.0. The maximum absolute atomic E-state index is 5.11. The Hall–Kier alpha value is -6.21. The van der Waals surface area contributed by atoms with Gasteiger partial charge < -0.3 is 4.57 Å². The van der Waals surface area contributed by atoms with Crippen LogP contribution in [0, 0.1) is 0 Å². The van der Waals surface area contributed by atoms with Crippen LogP contribution in [0.5, 0.6) is 0 Å². The third-order valence-electron chi connectivity index (χ3n) is 9.85. The maximum atomic E-state index is 5.11. The highest BCUT2D eigenvalue weighted by Crippen LogP contribution is 2.46. The molecule has 0 N–H and O–H groups in total. The van der Waals surface area contributed by atoms with E-state index in [1.807, 2.05) is 59.1 Å². The van der Waals surface area contributed by atoms with E-state index in [0.717, 1.165) is 16.7 Å². The van der Waals surface area contributed by atoms with E-state index in [4.69, 9.17) is 15.0 Å². The van der Waals surface area contributed by atoms with Gasteiger partial charge in [-0.15, -0.1) is 22.7 Å². The topological polar surface area (TPSA) is 43.6 Å². The normalized spacial score (nSPS) is 11.9. The van der Waals surface area contributed by atoms with Gasteiger partial charge in [0.2, 0.25) is 0 Å². The lowest BCUT2D eigenvalue weighted by Gasteiger charge is -2.10. The lowest BCUT2D eigenvalue weighted by atomic mass is 10.0. The molecule has 0 aliphatic heterocycles. The number of para-hydroxylation sites is 2. The van der Waals surface area contributed by atoms with E-state index in [9.17, 15) is 0 Å². The zero-order chi connectivity index (χ0) is 33.5. The number of hydrogen-bond acceptors (Lipinski definition) is 5. The van der Waals surface area contributed by atoms with Gasteiger partial charge in [0.15, 0.2) is 17.5 Å². The number of hydrogen-bond donors (Lipinski definition) is 0. The Morgan fingerprint density at radius 2 is 0.863 bits per heavy atom. The van der Waals surface area contributed by atoms with Gasteiger partial charge in [0.1, 0.15) is 0 Å². The average Bonchev–Trinajstić information content (AvgIpc) is 3.86. The van der Waals surface area contributed by atoms with Crippen LogP contribution >= 0.6 is 22.7 Å². The van der Waals surface area contributed by atoms with Crippen molar-refractivity contribution in [2.75, 3.05) is 0 Å². The molecule has 0 atom stereocenters. The predicted octanol–water partition coefficient (Wildman–Crippen LogP) is 12.7. The van der Waals surface area contributed by atoms with Gasteiger partial charge in [0.05, 0.1) is 16.7 Å². The van der Waals surface area contributed by atoms with Crippen molar-refractivity contribution in [2.45, 2.75) is 0 Å². The standard InChI is InChI=1S/C45H26N4S2/c1-3-13-27(14-4-1)43-46-44(28-15-5-2-6-16-28)48-45(47-43)31-19-11-23-37-41(31)32-25-40-33(26-39(32)50-37)42-36(22-12-24-38(42)51-40)49-34-20-9-7-17-29(34)30-18-8-10-21-35(30)49/h1-26H. The molecule has 4 nitrogen and oxygen atoms in total. The third kappa shape index (κ3) is 4.40. The van der Waals surface area contributed by atoms with Crippen LogP contribution in [0.15, 0.2) is 158 Å². The highest BCUT2D eigenvalue weighted by atomic mass is 32.1. The van der Waals surface area contributed by atoms with Crippen LogP contribution in [-0.2, 0) is 0 Å². The molecular weight excluding hydrogens is 661 g/mol. The number of aromatic nitrogens is 4. The van der Waals surface area contributed by atoms with Crippen LogP contribution < -0.4 is 0 Å². The van der Waals surface area contributed by atoms with Crippen molar-refractivity contribution < 1.29 is 0 Å². The van der Waals surface area contributed by atoms with Crippen LogP contribution in [-0.4, -0.2) is 19.5 Å². The lowest BCUT2D eigenvalue weighted by Crippen LogP contribution is -2.00. The molecule has 0 saturated carbocycles. The first-order valence-electron chi connectivity index (χ1n) is 16.9. The number of fused-ring (bicyclic) bond motifs is 9. The largest absolute Gasteiger partial charge is 0.309 e. The van der Waals surface area contributed by atoms with Crippen molar-refractivity contribution in [3.63, 3.8) is 0 Å². The minimum Gasteiger partial charge on any atom is -0.309 e. The van der Waals surface area contributed by atoms with Gasteiger partial charge in [-0.1, -0.05) is 115 Å². The molecule has 0 spiro atoms. The fraction of sp³-hybridized carbons (Fsp3) is 0. The highest BCUT2D eigenvalue weighted by Gasteiger charge is 2.20. The fourth-order valence-electron chi connectivity index (χ4n) is 7.61. The highest BCUT2D eigenvalue weighted by molar-refractivity contribution is 7.27. The van der Waals surface area contributed by atoms with E-state index in [1.165, 1.54) is 67.8 Å². The first-order valence-corrected chi connectivity index (χ1v) is 18.6. The zero-order valence-electron chi connectivity index (χ0n) is 27.1. The van der Waals surface area contributed by atoms with E-state index in [2.05, 4.69) is 126 Å². The van der Waals surface area contributed by atoms with Crippen LogP contribution in [0.2, 0.25) is 0 Å². The number of nitrogens with zero attached hydrogens (tertiary/aromatic N) is 4. The molecule has 4 aromatic heterocycles. The summed E-state index contributed by atoms with van der Waals surface area (Å²) in [7, 11) is 0. The summed E-state index contributed by atoms with van der Waals surface area (Å²) in [4.78, 5) is 15.2. The Morgan fingerprint density at radius 1 is 0.373 bits per heavy atom. The number of rotatable bonds is 4. The van der Waals surface area contributed by atoms with E-state index >= 15 is 0 Å². The Balaban J connectivity index is 1.16. The second-order valence-electron chi connectivity index (χ2n) is 12.8. The van der Waals surface area contributed by atoms with Crippen molar-refractivity contribution in [1.82, 2.24) is 19.5 Å². The first-order chi connectivity index (χ1) is 25.3. The Labute approximate surface area is 300 Å². The summed E-state index contributed by atoms with van der Waals surface area (Å²) < 4.78 is 7.47. The zero-order valence-corrected chi connectivity index (χ0v) is 28.7. The molecule has 11 aromatic rings. The van der Waals surface area contributed by atoms with E-state index in [1.54, 1.807) is 0 Å². The van der Waals surface area contributed by atoms with Crippen LogP contribution in [0.4, 0.5) is 0 Å². The van der Waals surface area contributed by atoms with E-state index in [-0.39, 0.29) is 0 Å². The molecule has 0 aliphatic carbocycles. The van der Waals surface area contributed by atoms with Gasteiger partial charge in [0.25, 0.3) is 0 Å². The van der Waals surface area contributed by atoms with Gasteiger partial charge in [-0.05, 0) is 42.5 Å². The molecule has 6 heteroatoms. The Kier molecular flexibility index (Phi) is 6.26. The van der Waals surface area contributed by atoms with E-state index in [0.29, 0.717) is 17.5 Å². The molecule has 0 unspecified atom stereocenters. The molecule has 0 bridgehead atoms. The van der Waals surface area contributed by atoms with Gasteiger partial charge in [-0.25, -0.2) is 15.0 Å². The maximum Gasteiger partial charge on any atom is 0.164 e. The first kappa shape index (κ1) is 28.6. The van der Waals surface area contributed by atoms with Crippen molar-refractivity contribution in [1.29, 1.82) is 0 Å². The van der Waals surface area contributed by atoms with Gasteiger partial charge in [-0.2, -0.15) is 0 Å². The molecule has 0 amide bonds. The Morgan fingerprint density at radius 3 is 1.47 bits per heavy atom. The van der Waals surface area contributed by atoms with Crippen molar-refractivity contribution in [3.8, 4) is 39.9 Å². The lowest BCUT2D eigenvalue weighted by molar-refractivity contribution is 1.08. The summed E-state index contributed by atoms with van der Waals surface area (Å²) in [5, 5.41) is 7.53. The summed E-state index contributed by atoms with van der Waals surface area (Å²) in [6.45, 7) is 0. The molecule has 4 heterocycles. The quantitative estimate of drug-likeness (QED) is 0.185. The number of thiophene rings is 2. The van der Waals surface area contributed by atoms with Gasteiger partial charge >= 0.3 is 0 Å². The molecule has 0 saturated heterocycles. The van der Waals surface area contributed by atoms with Crippen LogP contribution in [0.25, 0.3) is 102 Å². The number of benzene rings is 7. The third-order valence-corrected chi connectivity index (χ3v) is 12.1. The molecule has 0 aliphatic rings. The van der Waals surface area contributed by atoms with Crippen LogP contribution in [0.3, 0.4) is 0 Å². The van der Waals surface area contributed by atoms with Crippen molar-refractivity contribution >= 4 is 84.8 Å². The van der Waals surface area contributed by atoms with Gasteiger partial charge in [-0.3, -0.25) is 0 Å². The minimum absolute atomic E-state index is 0.667. The SMILES string of the molecule is c1ccc(-c2nc(-c3ccccc3)nc(-c3cccc4sc5cc6c(cc5c34)sc3cccc(-n4c5ccccc5c5ccccc54)c36)n2)cc1. The molecule has 11 rings (SSSR count). The molecule has 0 fully saturated rings. The summed E-state index contributed by atoms with van der Waals surface area (Å²) in [6.07, 6.45) is 0. The molecule has 0 radical (unpaired) electrons. The molecular formula is C45H26N4S2. The summed E-state index contributed by atoms with van der Waals surface area (Å²) in [6, 6.07) is 55.9.